The highest BCUT2D eigenvalue weighted by molar-refractivity contribution is 5.46. The number of aromatic nitrogens is 2. The Bertz CT molecular complexity index is 768. The maximum absolute atomic E-state index is 10.3. The molecule has 3 heterocycles. The van der Waals surface area contributed by atoms with E-state index in [0.717, 1.165) is 36.8 Å². The highest BCUT2D eigenvalue weighted by atomic mass is 16.7. The second-order valence-corrected chi connectivity index (χ2v) is 6.35. The van der Waals surface area contributed by atoms with Gasteiger partial charge in [0.25, 0.3) is 0 Å². The third-order valence-corrected chi connectivity index (χ3v) is 4.40. The smallest absolute Gasteiger partial charge is 0.231 e. The fourth-order valence-electron chi connectivity index (χ4n) is 3.12. The van der Waals surface area contributed by atoms with Crippen molar-refractivity contribution in [3.63, 3.8) is 0 Å². The van der Waals surface area contributed by atoms with Crippen LogP contribution in [0, 0.1) is 6.92 Å². The van der Waals surface area contributed by atoms with Gasteiger partial charge in [-0.05, 0) is 31.0 Å². The molecule has 1 aromatic heterocycles. The van der Waals surface area contributed by atoms with Crippen molar-refractivity contribution >= 4 is 0 Å². The van der Waals surface area contributed by atoms with E-state index in [2.05, 4.69) is 14.9 Å². The van der Waals surface area contributed by atoms with Crippen molar-refractivity contribution in [2.45, 2.75) is 26.0 Å². The van der Waals surface area contributed by atoms with E-state index >= 15 is 0 Å². The summed E-state index contributed by atoms with van der Waals surface area (Å²) in [7, 11) is 0. The third-order valence-electron chi connectivity index (χ3n) is 4.40. The van der Waals surface area contributed by atoms with Gasteiger partial charge >= 0.3 is 0 Å². The van der Waals surface area contributed by atoms with Crippen molar-refractivity contribution in [1.29, 1.82) is 0 Å². The summed E-state index contributed by atoms with van der Waals surface area (Å²) in [6.07, 6.45) is 2.24. The van der Waals surface area contributed by atoms with E-state index in [1.54, 1.807) is 6.07 Å². The molecule has 1 atom stereocenters. The molecule has 0 amide bonds. The Kier molecular flexibility index (Phi) is 4.42. The normalized spacial score (nSPS) is 17.2. The van der Waals surface area contributed by atoms with E-state index in [9.17, 15) is 5.11 Å². The molecule has 1 N–H and O–H groups in total. The zero-order valence-electron chi connectivity index (χ0n) is 14.1. The number of nitrogens with zero attached hydrogens (tertiary/aromatic N) is 3. The number of β-amino-alcohol motifs (C(OH)–C–C–N with tert-alkyl or cyclic N) is 1. The average Bonchev–Trinajstić information content (AvgIpc) is 3.07. The largest absolute Gasteiger partial charge is 0.491 e. The van der Waals surface area contributed by atoms with Gasteiger partial charge in [-0.25, -0.2) is 9.97 Å². The van der Waals surface area contributed by atoms with Gasteiger partial charge in [0.1, 0.15) is 24.3 Å². The molecule has 2 aliphatic heterocycles. The van der Waals surface area contributed by atoms with E-state index in [-0.39, 0.29) is 13.4 Å². The topological polar surface area (TPSA) is 76.9 Å². The van der Waals surface area contributed by atoms with Crippen molar-refractivity contribution in [3.05, 3.63) is 41.5 Å². The van der Waals surface area contributed by atoms with Crippen LogP contribution in [-0.2, 0) is 13.0 Å². The first-order valence-electron chi connectivity index (χ1n) is 8.41. The van der Waals surface area contributed by atoms with Gasteiger partial charge in [-0.2, -0.15) is 0 Å². The summed E-state index contributed by atoms with van der Waals surface area (Å²) in [6.45, 7) is 4.54. The maximum atomic E-state index is 10.3. The highest BCUT2D eigenvalue weighted by Gasteiger charge is 2.21. The fourth-order valence-corrected chi connectivity index (χ4v) is 3.12. The van der Waals surface area contributed by atoms with Crippen LogP contribution in [0.1, 0.15) is 17.1 Å². The van der Waals surface area contributed by atoms with Crippen molar-refractivity contribution in [3.8, 4) is 17.2 Å². The van der Waals surface area contributed by atoms with E-state index in [4.69, 9.17) is 14.2 Å². The first-order chi connectivity index (χ1) is 12.2. The van der Waals surface area contributed by atoms with Crippen LogP contribution in [0.4, 0.5) is 0 Å². The molecule has 132 valence electrons. The minimum absolute atomic E-state index is 0.228. The lowest BCUT2D eigenvalue weighted by atomic mass is 10.1. The lowest BCUT2D eigenvalue weighted by molar-refractivity contribution is 0.0631. The second-order valence-electron chi connectivity index (χ2n) is 6.35. The Labute approximate surface area is 146 Å². The molecule has 0 fully saturated rings. The van der Waals surface area contributed by atoms with Crippen LogP contribution in [0.15, 0.2) is 24.4 Å². The van der Waals surface area contributed by atoms with Gasteiger partial charge < -0.3 is 19.3 Å². The van der Waals surface area contributed by atoms with Crippen LogP contribution in [0.3, 0.4) is 0 Å². The first-order valence-corrected chi connectivity index (χ1v) is 8.41. The van der Waals surface area contributed by atoms with E-state index < -0.39 is 6.10 Å². The number of rotatable bonds is 5. The molecule has 0 saturated carbocycles. The zero-order chi connectivity index (χ0) is 17.2. The number of fused-ring (bicyclic) bond motifs is 2. The monoisotopic (exact) mass is 343 g/mol. The molecule has 25 heavy (non-hydrogen) atoms. The molecule has 0 aliphatic carbocycles. The number of hydrogen-bond acceptors (Lipinski definition) is 7. The lowest BCUT2D eigenvalue weighted by Gasteiger charge is -2.29. The van der Waals surface area contributed by atoms with Crippen LogP contribution in [0.2, 0.25) is 0 Å². The molecule has 0 radical (unpaired) electrons. The van der Waals surface area contributed by atoms with E-state index in [1.165, 1.54) is 5.56 Å². The van der Waals surface area contributed by atoms with Gasteiger partial charge in [-0.15, -0.1) is 0 Å². The molecule has 7 heteroatoms. The lowest BCUT2D eigenvalue weighted by Crippen LogP contribution is -2.39. The standard InChI is InChI=1S/C18H21N3O4/c1-12-19-7-13-4-5-21(9-16(13)20-12)8-14(22)10-23-15-2-3-17-18(6-15)25-11-24-17/h2-3,6-7,14,22H,4-5,8-11H2,1H3/t14-/m0/s1. The van der Waals surface area contributed by atoms with Crippen LogP contribution in [0.25, 0.3) is 0 Å². The molecular weight excluding hydrogens is 322 g/mol. The van der Waals surface area contributed by atoms with Gasteiger partial charge in [0.05, 0.1) is 5.69 Å². The Morgan fingerprint density at radius 2 is 2.20 bits per heavy atom. The van der Waals surface area contributed by atoms with Crippen LogP contribution in [-0.4, -0.2) is 52.6 Å². The zero-order valence-corrected chi connectivity index (χ0v) is 14.1. The van der Waals surface area contributed by atoms with Crippen LogP contribution < -0.4 is 14.2 Å². The highest BCUT2D eigenvalue weighted by Crippen LogP contribution is 2.35. The van der Waals surface area contributed by atoms with Crippen LogP contribution in [0.5, 0.6) is 17.2 Å². The Hall–Kier alpha value is -2.38. The molecular formula is C18H21N3O4. The predicted octanol–water partition coefficient (Wildman–Crippen LogP) is 1.31. The van der Waals surface area contributed by atoms with Gasteiger partial charge in [-0.1, -0.05) is 0 Å². The van der Waals surface area contributed by atoms with Gasteiger partial charge in [0.15, 0.2) is 11.5 Å². The van der Waals surface area contributed by atoms with Gasteiger partial charge in [0.2, 0.25) is 6.79 Å². The quantitative estimate of drug-likeness (QED) is 0.877. The van der Waals surface area contributed by atoms with Gasteiger partial charge in [-0.3, -0.25) is 4.90 Å². The minimum Gasteiger partial charge on any atom is -0.491 e. The number of aryl methyl sites for hydroxylation is 1. The molecule has 0 spiro atoms. The summed E-state index contributed by atoms with van der Waals surface area (Å²) in [6, 6.07) is 5.41. The third kappa shape index (κ3) is 3.67. The summed E-state index contributed by atoms with van der Waals surface area (Å²) in [5.74, 6) is 2.84. The Balaban J connectivity index is 1.30. The maximum Gasteiger partial charge on any atom is 0.231 e. The summed E-state index contributed by atoms with van der Waals surface area (Å²) in [5, 5.41) is 10.3. The van der Waals surface area contributed by atoms with Crippen molar-refractivity contribution in [1.82, 2.24) is 14.9 Å². The SMILES string of the molecule is Cc1ncc2c(n1)CN(C[C@H](O)COc1ccc3c(c1)OCO3)CC2. The number of aliphatic hydroxyl groups excluding tert-OH is 1. The number of aliphatic hydroxyl groups is 1. The average molecular weight is 343 g/mol. The molecule has 4 rings (SSSR count). The van der Waals surface area contributed by atoms with Gasteiger partial charge in [0, 0.05) is 31.9 Å². The molecule has 1 aromatic carbocycles. The number of benzene rings is 1. The van der Waals surface area contributed by atoms with Crippen molar-refractivity contribution in [2.24, 2.45) is 0 Å². The minimum atomic E-state index is -0.574. The molecule has 2 aliphatic rings. The molecule has 2 aromatic rings. The number of ether oxygens (including phenoxy) is 3. The van der Waals surface area contributed by atoms with E-state index in [0.29, 0.717) is 18.0 Å². The first kappa shape index (κ1) is 16.1. The molecule has 7 nitrogen and oxygen atoms in total. The van der Waals surface area contributed by atoms with E-state index in [1.807, 2.05) is 25.3 Å². The molecule has 0 unspecified atom stereocenters. The van der Waals surface area contributed by atoms with Crippen molar-refractivity contribution in [2.75, 3.05) is 26.5 Å². The van der Waals surface area contributed by atoms with Crippen LogP contribution >= 0.6 is 0 Å². The molecule has 0 bridgehead atoms. The van der Waals surface area contributed by atoms with Crippen molar-refractivity contribution < 1.29 is 19.3 Å². The second kappa shape index (κ2) is 6.85. The molecule has 0 saturated heterocycles. The summed E-state index contributed by atoms with van der Waals surface area (Å²) in [4.78, 5) is 11.0. The fraction of sp³-hybridized carbons (Fsp3) is 0.444. The number of hydrogen-bond donors (Lipinski definition) is 1. The Morgan fingerprint density at radius 3 is 3.12 bits per heavy atom. The predicted molar refractivity (Wildman–Crippen MR) is 89.8 cm³/mol. The Morgan fingerprint density at radius 1 is 1.32 bits per heavy atom. The summed E-state index contributed by atoms with van der Waals surface area (Å²) >= 11 is 0. The summed E-state index contributed by atoms with van der Waals surface area (Å²) in [5.41, 5.74) is 2.26. The summed E-state index contributed by atoms with van der Waals surface area (Å²) < 4.78 is 16.3.